The lowest BCUT2D eigenvalue weighted by Gasteiger charge is -2.33. The average Bonchev–Trinajstić information content (AvgIpc) is 3.43. The molecule has 176 valence electrons. The molecule has 35 heavy (non-hydrogen) atoms. The summed E-state index contributed by atoms with van der Waals surface area (Å²) in [6, 6.07) is 10.6. The number of nitrogens with zero attached hydrogens (tertiary/aromatic N) is 7. The Morgan fingerprint density at radius 1 is 1.11 bits per heavy atom. The lowest BCUT2D eigenvalue weighted by atomic mass is 9.98. The van der Waals surface area contributed by atoms with E-state index in [2.05, 4.69) is 38.2 Å². The average molecular weight is 468 g/mol. The Bertz CT molecular complexity index is 1380. The molecule has 4 aromatic rings. The molecule has 1 saturated heterocycles. The highest BCUT2D eigenvalue weighted by atomic mass is 16.5. The maximum atomic E-state index is 9.58. The molecule has 2 fully saturated rings. The van der Waals surface area contributed by atoms with E-state index in [-0.39, 0.29) is 6.10 Å². The van der Waals surface area contributed by atoms with E-state index in [9.17, 15) is 5.26 Å². The van der Waals surface area contributed by atoms with Crippen molar-refractivity contribution in [2.45, 2.75) is 25.9 Å². The minimum absolute atomic E-state index is 0.132. The fourth-order valence-corrected chi connectivity index (χ4v) is 5.40. The summed E-state index contributed by atoms with van der Waals surface area (Å²) in [6.45, 7) is 4.35. The van der Waals surface area contributed by atoms with E-state index in [1.807, 2.05) is 19.2 Å². The third-order valence-electron chi connectivity index (χ3n) is 6.86. The standard InChI is InChI=1S/C26H25N7O2/c1-2-34-21-10-22(25-20(11-27)13-31-33(25)16-21)18-4-5-24(30-12-18)32-14-17-8-19(15-32)23(9-17)35-26-28-6-3-7-29-26/h3-7,10,12-13,16-17,19,23H,2,8-9,14-15H2,1H3/t17-,19?,23+/m0/s1. The normalized spacial score (nSPS) is 21.1. The second kappa shape index (κ2) is 8.87. The second-order valence-corrected chi connectivity index (χ2v) is 9.08. The number of pyridine rings is 2. The van der Waals surface area contributed by atoms with E-state index in [1.165, 1.54) is 0 Å². The van der Waals surface area contributed by atoms with Gasteiger partial charge in [0.2, 0.25) is 0 Å². The smallest absolute Gasteiger partial charge is 0.316 e. The molecule has 0 radical (unpaired) electrons. The fraction of sp³-hybridized carbons (Fsp3) is 0.346. The van der Waals surface area contributed by atoms with Crippen LogP contribution in [0.15, 0.2) is 55.2 Å². The van der Waals surface area contributed by atoms with Crippen molar-refractivity contribution >= 4 is 11.3 Å². The van der Waals surface area contributed by atoms with Gasteiger partial charge < -0.3 is 14.4 Å². The van der Waals surface area contributed by atoms with Crippen molar-refractivity contribution in [1.82, 2.24) is 24.6 Å². The number of nitriles is 1. The summed E-state index contributed by atoms with van der Waals surface area (Å²) in [5, 5.41) is 13.9. The zero-order valence-electron chi connectivity index (χ0n) is 19.4. The first-order valence-electron chi connectivity index (χ1n) is 11.9. The van der Waals surface area contributed by atoms with E-state index in [1.54, 1.807) is 35.4 Å². The minimum Gasteiger partial charge on any atom is -0.492 e. The highest BCUT2D eigenvalue weighted by molar-refractivity contribution is 5.85. The first kappa shape index (κ1) is 21.4. The van der Waals surface area contributed by atoms with E-state index >= 15 is 0 Å². The van der Waals surface area contributed by atoms with Gasteiger partial charge in [-0.3, -0.25) is 0 Å². The Morgan fingerprint density at radius 3 is 2.77 bits per heavy atom. The molecule has 5 heterocycles. The summed E-state index contributed by atoms with van der Waals surface area (Å²) in [7, 11) is 0. The molecule has 6 rings (SSSR count). The molecule has 0 amide bonds. The predicted octanol–water partition coefficient (Wildman–Crippen LogP) is 3.75. The zero-order chi connectivity index (χ0) is 23.8. The first-order chi connectivity index (χ1) is 17.2. The van der Waals surface area contributed by atoms with Gasteiger partial charge in [-0.25, -0.2) is 19.5 Å². The molecule has 1 unspecified atom stereocenters. The number of fused-ring (bicyclic) bond motifs is 3. The molecule has 0 spiro atoms. The first-order valence-corrected chi connectivity index (χ1v) is 11.9. The number of anilines is 1. The number of aromatic nitrogens is 5. The summed E-state index contributed by atoms with van der Waals surface area (Å²) in [5.74, 6) is 2.64. The molecule has 1 aliphatic carbocycles. The van der Waals surface area contributed by atoms with Gasteiger partial charge in [0, 0.05) is 48.7 Å². The molecule has 1 saturated carbocycles. The Hall–Kier alpha value is -4.19. The lowest BCUT2D eigenvalue weighted by Crippen LogP contribution is -2.39. The number of hydrogen-bond acceptors (Lipinski definition) is 8. The molecular weight excluding hydrogens is 442 g/mol. The topological polar surface area (TPSA) is 101 Å². The summed E-state index contributed by atoms with van der Waals surface area (Å²) < 4.78 is 13.5. The quantitative estimate of drug-likeness (QED) is 0.423. The number of rotatable bonds is 6. The van der Waals surface area contributed by atoms with Gasteiger partial charge in [-0.2, -0.15) is 10.4 Å². The monoisotopic (exact) mass is 467 g/mol. The van der Waals surface area contributed by atoms with Gasteiger partial charge in [-0.1, -0.05) is 0 Å². The van der Waals surface area contributed by atoms with Gasteiger partial charge in [0.05, 0.1) is 30.1 Å². The van der Waals surface area contributed by atoms with Gasteiger partial charge >= 0.3 is 6.01 Å². The molecule has 0 aromatic carbocycles. The lowest BCUT2D eigenvalue weighted by molar-refractivity contribution is 0.149. The van der Waals surface area contributed by atoms with Crippen LogP contribution in [-0.4, -0.2) is 50.4 Å². The molecule has 4 aromatic heterocycles. The van der Waals surface area contributed by atoms with Crippen molar-refractivity contribution in [3.8, 4) is 29.0 Å². The maximum absolute atomic E-state index is 9.58. The highest BCUT2D eigenvalue weighted by Gasteiger charge is 2.42. The predicted molar refractivity (Wildman–Crippen MR) is 129 cm³/mol. The van der Waals surface area contributed by atoms with Crippen molar-refractivity contribution in [2.24, 2.45) is 11.8 Å². The molecule has 9 heteroatoms. The Labute approximate surface area is 203 Å². The van der Waals surface area contributed by atoms with Gasteiger partial charge in [0.25, 0.3) is 0 Å². The van der Waals surface area contributed by atoms with Crippen LogP contribution in [0, 0.1) is 23.2 Å². The van der Waals surface area contributed by atoms with Crippen LogP contribution in [0.25, 0.3) is 16.6 Å². The SMILES string of the molecule is CCOc1cc(-c2ccc(N3CC4C[C@@H](C[C@H]4Oc4ncccn4)C3)nc2)c2c(C#N)cnn2c1. The van der Waals surface area contributed by atoms with E-state index in [4.69, 9.17) is 14.5 Å². The van der Waals surface area contributed by atoms with Crippen LogP contribution in [0.4, 0.5) is 5.82 Å². The molecule has 3 atom stereocenters. The van der Waals surface area contributed by atoms with Gasteiger partial charge in [-0.15, -0.1) is 0 Å². The summed E-state index contributed by atoms with van der Waals surface area (Å²) in [6.07, 6.45) is 11.0. The van der Waals surface area contributed by atoms with E-state index < -0.39 is 0 Å². The summed E-state index contributed by atoms with van der Waals surface area (Å²) in [5.41, 5.74) is 3.07. The third kappa shape index (κ3) is 4.01. The fourth-order valence-electron chi connectivity index (χ4n) is 5.40. The van der Waals surface area contributed by atoms with Gasteiger partial charge in [0.15, 0.2) is 0 Å². The molecular formula is C26H25N7O2. The maximum Gasteiger partial charge on any atom is 0.316 e. The largest absolute Gasteiger partial charge is 0.492 e. The number of piperidine rings is 1. The van der Waals surface area contributed by atoms with Crippen LogP contribution in [0.2, 0.25) is 0 Å². The Kier molecular flexibility index (Phi) is 5.41. The van der Waals surface area contributed by atoms with Gasteiger partial charge in [0.1, 0.15) is 23.7 Å². The zero-order valence-corrected chi connectivity index (χ0v) is 19.4. The van der Waals surface area contributed by atoms with Crippen molar-refractivity contribution in [3.05, 3.63) is 60.8 Å². The summed E-state index contributed by atoms with van der Waals surface area (Å²) in [4.78, 5) is 15.6. The third-order valence-corrected chi connectivity index (χ3v) is 6.86. The van der Waals surface area contributed by atoms with Crippen molar-refractivity contribution in [1.29, 1.82) is 5.26 Å². The Morgan fingerprint density at radius 2 is 2.00 bits per heavy atom. The van der Waals surface area contributed by atoms with Crippen molar-refractivity contribution < 1.29 is 9.47 Å². The van der Waals surface area contributed by atoms with Crippen LogP contribution >= 0.6 is 0 Å². The number of ether oxygens (including phenoxy) is 2. The highest BCUT2D eigenvalue weighted by Crippen LogP contribution is 2.40. The molecule has 1 aliphatic heterocycles. The van der Waals surface area contributed by atoms with Crippen LogP contribution < -0.4 is 14.4 Å². The Balaban J connectivity index is 1.24. The van der Waals surface area contributed by atoms with Crippen LogP contribution in [0.1, 0.15) is 25.3 Å². The molecule has 0 N–H and O–H groups in total. The number of hydrogen-bond donors (Lipinski definition) is 0. The second-order valence-electron chi connectivity index (χ2n) is 9.08. The molecule has 2 bridgehead atoms. The van der Waals surface area contributed by atoms with E-state index in [0.29, 0.717) is 35.8 Å². The van der Waals surface area contributed by atoms with Crippen LogP contribution in [0.3, 0.4) is 0 Å². The van der Waals surface area contributed by atoms with Crippen molar-refractivity contribution in [2.75, 3.05) is 24.6 Å². The van der Waals surface area contributed by atoms with Crippen LogP contribution in [0.5, 0.6) is 11.8 Å². The van der Waals surface area contributed by atoms with Crippen molar-refractivity contribution in [3.63, 3.8) is 0 Å². The van der Waals surface area contributed by atoms with E-state index in [0.717, 1.165) is 48.4 Å². The molecule has 2 aliphatic rings. The summed E-state index contributed by atoms with van der Waals surface area (Å²) >= 11 is 0. The van der Waals surface area contributed by atoms with Crippen LogP contribution in [-0.2, 0) is 0 Å². The minimum atomic E-state index is 0.132. The van der Waals surface area contributed by atoms with Gasteiger partial charge in [-0.05, 0) is 49.9 Å². The molecule has 9 nitrogen and oxygen atoms in total.